The number of nitriles is 1. The Hall–Kier alpha value is -3.45. The van der Waals surface area contributed by atoms with E-state index in [0.717, 1.165) is 4.47 Å². The van der Waals surface area contributed by atoms with Crippen molar-refractivity contribution in [1.82, 2.24) is 5.32 Å². The number of carbonyl (C=O) groups excluding carboxylic acids is 2. The molecule has 3 N–H and O–H groups in total. The first-order valence-corrected chi connectivity index (χ1v) is 13.9. The van der Waals surface area contributed by atoms with E-state index in [-0.39, 0.29) is 21.9 Å². The molecule has 1 fully saturated rings. The summed E-state index contributed by atoms with van der Waals surface area (Å²) in [5, 5.41) is 18.0. The van der Waals surface area contributed by atoms with Gasteiger partial charge < -0.3 is 10.1 Å². The average Bonchev–Trinajstić information content (AvgIpc) is 3.34. The molecule has 3 aromatic carbocycles. The Morgan fingerprint density at radius 1 is 1.20 bits per heavy atom. The molecule has 10 heteroatoms. The maximum absolute atomic E-state index is 15.8. The van der Waals surface area contributed by atoms with Gasteiger partial charge in [0.1, 0.15) is 11.2 Å². The van der Waals surface area contributed by atoms with Crippen LogP contribution in [0.25, 0.3) is 0 Å². The van der Waals surface area contributed by atoms with E-state index in [4.69, 9.17) is 21.6 Å². The van der Waals surface area contributed by atoms with E-state index in [9.17, 15) is 9.59 Å². The largest absolute Gasteiger partial charge is 0.429 e. The molecule has 0 unspecified atom stereocenters. The van der Waals surface area contributed by atoms with Crippen molar-refractivity contribution in [3.63, 3.8) is 0 Å². The lowest BCUT2D eigenvalue weighted by Gasteiger charge is -2.37. The lowest BCUT2D eigenvalue weighted by molar-refractivity contribution is -0.122. The molecular formula is C30H27BrClFN4O3. The van der Waals surface area contributed by atoms with Gasteiger partial charge in [-0.05, 0) is 65.4 Å². The van der Waals surface area contributed by atoms with Crippen LogP contribution in [0.3, 0.4) is 0 Å². The summed E-state index contributed by atoms with van der Waals surface area (Å²) in [6, 6.07) is 17.9. The molecular weight excluding hydrogens is 599 g/mol. The number of nitrogens with one attached hydrogen (secondary N) is 3. The van der Waals surface area contributed by atoms with Crippen LogP contribution in [-0.2, 0) is 14.9 Å². The van der Waals surface area contributed by atoms with Gasteiger partial charge in [-0.1, -0.05) is 66.5 Å². The molecule has 4 atom stereocenters. The van der Waals surface area contributed by atoms with Crippen LogP contribution in [0.5, 0.6) is 0 Å². The Labute approximate surface area is 245 Å². The van der Waals surface area contributed by atoms with E-state index >= 15 is 4.39 Å². The fourth-order valence-corrected chi connectivity index (χ4v) is 6.40. The zero-order valence-electron chi connectivity index (χ0n) is 22.0. The molecule has 0 aliphatic carbocycles. The zero-order chi connectivity index (χ0) is 28.8. The number of ether oxygens (including phenoxy) is 1. The summed E-state index contributed by atoms with van der Waals surface area (Å²) >= 11 is 9.70. The van der Waals surface area contributed by atoms with Crippen LogP contribution in [-0.4, -0.2) is 24.3 Å². The third kappa shape index (κ3) is 4.96. The highest BCUT2D eigenvalue weighted by atomic mass is 79.9. The topological polar surface area (TPSA) is 103 Å². The predicted octanol–water partition coefficient (Wildman–Crippen LogP) is 7.07. The number of benzene rings is 3. The second-order valence-corrected chi connectivity index (χ2v) is 12.6. The molecule has 40 heavy (non-hydrogen) atoms. The van der Waals surface area contributed by atoms with Crippen LogP contribution in [0.4, 0.5) is 20.6 Å². The summed E-state index contributed by atoms with van der Waals surface area (Å²) in [7, 11) is 0. The van der Waals surface area contributed by atoms with Crippen LogP contribution in [0.2, 0.25) is 5.02 Å². The van der Waals surface area contributed by atoms with Gasteiger partial charge in [-0.2, -0.15) is 5.26 Å². The van der Waals surface area contributed by atoms with E-state index in [1.54, 1.807) is 36.4 Å². The summed E-state index contributed by atoms with van der Waals surface area (Å²) < 4.78 is 22.5. The van der Waals surface area contributed by atoms with Gasteiger partial charge in [0.2, 0.25) is 5.91 Å². The van der Waals surface area contributed by atoms with Crippen LogP contribution in [0.15, 0.2) is 65.1 Å². The SMILES string of the molecule is CC(C)(C)C[C@@H]1N[C@H](OC(=O)Nc2ccc(C#N)cc2)[C@H](c2cccc(Cl)c2F)[C@]12C(=O)Nc1cc(Br)ccc12. The van der Waals surface area contributed by atoms with E-state index in [0.29, 0.717) is 28.9 Å². The molecule has 2 amide bonds. The summed E-state index contributed by atoms with van der Waals surface area (Å²) in [4.78, 5) is 27.3. The fraction of sp³-hybridized carbons (Fsp3) is 0.300. The number of carbonyl (C=O) groups is 2. The zero-order valence-corrected chi connectivity index (χ0v) is 24.4. The van der Waals surface area contributed by atoms with Crippen LogP contribution < -0.4 is 16.0 Å². The highest BCUT2D eigenvalue weighted by Crippen LogP contribution is 2.57. The molecule has 3 aromatic rings. The summed E-state index contributed by atoms with van der Waals surface area (Å²) in [6.45, 7) is 6.16. The fourth-order valence-electron chi connectivity index (χ4n) is 5.86. The first-order chi connectivity index (χ1) is 18.9. The van der Waals surface area contributed by atoms with Gasteiger partial charge in [0, 0.05) is 21.9 Å². The molecule has 206 valence electrons. The molecule has 0 radical (unpaired) electrons. The minimum Gasteiger partial charge on any atom is -0.429 e. The normalized spacial score (nSPS) is 23.4. The third-order valence-electron chi connectivity index (χ3n) is 7.39. The van der Waals surface area contributed by atoms with Crippen LogP contribution in [0.1, 0.15) is 49.8 Å². The number of amides is 2. The van der Waals surface area contributed by atoms with Gasteiger partial charge in [-0.3, -0.25) is 15.4 Å². The van der Waals surface area contributed by atoms with Gasteiger partial charge >= 0.3 is 6.09 Å². The molecule has 0 bridgehead atoms. The van der Waals surface area contributed by atoms with Crippen molar-refractivity contribution >= 4 is 50.9 Å². The molecule has 0 saturated carbocycles. The number of anilines is 2. The number of fused-ring (bicyclic) bond motifs is 2. The van der Waals surface area contributed by atoms with Gasteiger partial charge in [0.25, 0.3) is 0 Å². The van der Waals surface area contributed by atoms with Crippen LogP contribution in [0, 0.1) is 22.6 Å². The quantitative estimate of drug-likeness (QED) is 0.288. The molecule has 5 rings (SSSR count). The molecule has 1 saturated heterocycles. The molecule has 2 aliphatic heterocycles. The molecule has 0 aromatic heterocycles. The van der Waals surface area contributed by atoms with E-state index < -0.39 is 35.5 Å². The number of nitrogens with zero attached hydrogens (tertiary/aromatic N) is 1. The summed E-state index contributed by atoms with van der Waals surface area (Å²) in [5.41, 5.74) is 0.771. The molecule has 2 heterocycles. The lowest BCUT2D eigenvalue weighted by atomic mass is 9.63. The average molecular weight is 626 g/mol. The highest BCUT2D eigenvalue weighted by molar-refractivity contribution is 9.10. The molecule has 1 spiro atoms. The molecule has 7 nitrogen and oxygen atoms in total. The highest BCUT2D eigenvalue weighted by Gasteiger charge is 2.66. The van der Waals surface area contributed by atoms with Crippen LogP contribution >= 0.6 is 27.5 Å². The van der Waals surface area contributed by atoms with Crippen molar-refractivity contribution in [2.45, 2.75) is 50.8 Å². The summed E-state index contributed by atoms with van der Waals surface area (Å²) in [5.74, 6) is -1.94. The lowest BCUT2D eigenvalue weighted by Crippen LogP contribution is -2.49. The van der Waals surface area contributed by atoms with E-state index in [2.05, 4.69) is 52.7 Å². The van der Waals surface area contributed by atoms with Crippen molar-refractivity contribution in [1.29, 1.82) is 5.26 Å². The number of hydrogen-bond acceptors (Lipinski definition) is 5. The Bertz CT molecular complexity index is 1540. The Kier molecular flexibility index (Phi) is 7.38. The number of hydrogen-bond donors (Lipinski definition) is 3. The smallest absolute Gasteiger partial charge is 0.413 e. The molecule has 2 aliphatic rings. The predicted molar refractivity (Wildman–Crippen MR) is 155 cm³/mol. The minimum atomic E-state index is -1.31. The number of rotatable bonds is 4. The van der Waals surface area contributed by atoms with Crippen molar-refractivity contribution in [3.8, 4) is 6.07 Å². The maximum atomic E-state index is 15.8. The van der Waals surface area contributed by atoms with Gasteiger partial charge in [0.15, 0.2) is 6.23 Å². The van der Waals surface area contributed by atoms with Crippen molar-refractivity contribution in [3.05, 3.63) is 92.7 Å². The Morgan fingerprint density at radius 3 is 2.60 bits per heavy atom. The second kappa shape index (κ2) is 10.5. The monoisotopic (exact) mass is 624 g/mol. The van der Waals surface area contributed by atoms with Crippen molar-refractivity contribution in [2.75, 3.05) is 10.6 Å². The summed E-state index contributed by atoms with van der Waals surface area (Å²) in [6.07, 6.45) is -1.36. The standard InChI is InChI=1S/C30H27BrClFN4O3/c1-29(2,3)14-23-30(20-12-9-17(31)13-22(20)36-27(30)38)24(19-5-4-6-21(32)25(19)33)26(37-23)40-28(39)35-18-10-7-16(15-34)8-11-18/h4-13,23-24,26,37H,14H2,1-3H3,(H,35,39)(H,36,38)/t23-,24-,26+,30+/m0/s1. The third-order valence-corrected chi connectivity index (χ3v) is 8.17. The van der Waals surface area contributed by atoms with Crippen molar-refractivity contribution in [2.24, 2.45) is 5.41 Å². The number of halogens is 3. The van der Waals surface area contributed by atoms with Crippen molar-refractivity contribution < 1.29 is 18.7 Å². The van der Waals surface area contributed by atoms with E-state index in [1.165, 1.54) is 6.07 Å². The van der Waals surface area contributed by atoms with Gasteiger partial charge in [-0.25, -0.2) is 9.18 Å². The first-order valence-electron chi connectivity index (χ1n) is 12.7. The maximum Gasteiger partial charge on any atom is 0.413 e. The Balaban J connectivity index is 1.63. The second-order valence-electron chi connectivity index (χ2n) is 11.3. The van der Waals surface area contributed by atoms with Gasteiger partial charge in [-0.15, -0.1) is 0 Å². The van der Waals surface area contributed by atoms with Gasteiger partial charge in [0.05, 0.1) is 22.6 Å². The minimum absolute atomic E-state index is 0.0952. The Morgan fingerprint density at radius 2 is 1.93 bits per heavy atom. The van der Waals surface area contributed by atoms with E-state index in [1.807, 2.05) is 24.3 Å². The first kappa shape index (κ1) is 28.1.